The Kier molecular flexibility index (Phi) is 6.94. The number of benzene rings is 1. The number of thioether (sulfide) groups is 1. The fourth-order valence-corrected chi connectivity index (χ4v) is 3.11. The van der Waals surface area contributed by atoms with Gasteiger partial charge in [-0.05, 0) is 19.4 Å². The van der Waals surface area contributed by atoms with Crippen molar-refractivity contribution in [1.82, 2.24) is 9.97 Å². The van der Waals surface area contributed by atoms with E-state index in [2.05, 4.69) is 15.3 Å². The average Bonchev–Trinajstić information content (AvgIpc) is 2.61. The Morgan fingerprint density at radius 3 is 2.81 bits per heavy atom. The number of rotatable bonds is 8. The molecule has 144 valence electrons. The first kappa shape index (κ1) is 20.4. The monoisotopic (exact) mass is 392 g/mol. The van der Waals surface area contributed by atoms with Gasteiger partial charge >= 0.3 is 0 Å². The van der Waals surface area contributed by atoms with E-state index in [4.69, 9.17) is 4.74 Å². The fourth-order valence-electron chi connectivity index (χ4n) is 2.28. The Balaban J connectivity index is 2.12. The molecule has 1 amide bonds. The molecule has 0 aliphatic carbocycles. The van der Waals surface area contributed by atoms with Crippen LogP contribution in [0.4, 0.5) is 11.4 Å². The number of carbonyl (C=O) groups is 1. The number of methoxy groups -OCH3 is 1. The quantitative estimate of drug-likeness (QED) is 0.306. The first-order valence-corrected chi connectivity index (χ1v) is 9.12. The van der Waals surface area contributed by atoms with Crippen LogP contribution in [0.5, 0.6) is 5.75 Å². The maximum atomic E-state index is 12.5. The third-order valence-electron chi connectivity index (χ3n) is 3.59. The second-order valence-electron chi connectivity index (χ2n) is 5.68. The van der Waals surface area contributed by atoms with Crippen LogP contribution >= 0.6 is 11.8 Å². The van der Waals surface area contributed by atoms with Crippen LogP contribution < -0.4 is 15.6 Å². The molecule has 0 aliphatic rings. The Hall–Kier alpha value is -2.88. The van der Waals surface area contributed by atoms with E-state index in [9.17, 15) is 19.7 Å². The smallest absolute Gasteiger partial charge is 0.273 e. The molecular formula is C17H20N4O5S. The maximum Gasteiger partial charge on any atom is 0.273 e. The zero-order valence-electron chi connectivity index (χ0n) is 15.1. The number of carbonyl (C=O) groups excluding carboxylic acids is 1. The number of ether oxygens (including phenoxy) is 1. The molecule has 0 spiro atoms. The van der Waals surface area contributed by atoms with Crippen molar-refractivity contribution in [2.45, 2.75) is 37.1 Å². The summed E-state index contributed by atoms with van der Waals surface area (Å²) in [5, 5.41) is 13.3. The van der Waals surface area contributed by atoms with Crippen LogP contribution in [0, 0.1) is 10.1 Å². The van der Waals surface area contributed by atoms with Crippen LogP contribution in [0.3, 0.4) is 0 Å². The molecule has 1 aromatic heterocycles. The van der Waals surface area contributed by atoms with Crippen molar-refractivity contribution in [3.8, 4) is 5.75 Å². The number of amides is 1. The van der Waals surface area contributed by atoms with Gasteiger partial charge in [-0.1, -0.05) is 25.1 Å². The van der Waals surface area contributed by atoms with E-state index in [0.29, 0.717) is 23.0 Å². The topological polar surface area (TPSA) is 127 Å². The third-order valence-corrected chi connectivity index (χ3v) is 4.57. The van der Waals surface area contributed by atoms with E-state index < -0.39 is 10.2 Å². The molecule has 0 saturated carbocycles. The van der Waals surface area contributed by atoms with E-state index in [1.807, 2.05) is 6.92 Å². The van der Waals surface area contributed by atoms with Gasteiger partial charge in [0.15, 0.2) is 5.16 Å². The summed E-state index contributed by atoms with van der Waals surface area (Å²) >= 11 is 1.12. The van der Waals surface area contributed by atoms with Crippen LogP contribution in [-0.4, -0.2) is 33.2 Å². The molecule has 1 aromatic carbocycles. The lowest BCUT2D eigenvalue weighted by molar-refractivity contribution is -0.384. The third kappa shape index (κ3) is 5.55. The molecule has 0 aliphatic heterocycles. The maximum absolute atomic E-state index is 12.5. The number of nitro benzene ring substituents is 1. The van der Waals surface area contributed by atoms with E-state index in [-0.39, 0.29) is 22.9 Å². The lowest BCUT2D eigenvalue weighted by Gasteiger charge is -2.14. The number of anilines is 1. The summed E-state index contributed by atoms with van der Waals surface area (Å²) in [5.41, 5.74) is 0.595. The number of nitro groups is 1. The summed E-state index contributed by atoms with van der Waals surface area (Å²) in [5.74, 6) is -0.165. The van der Waals surface area contributed by atoms with E-state index in [1.165, 1.54) is 31.4 Å². The van der Waals surface area contributed by atoms with Gasteiger partial charge in [-0.15, -0.1) is 0 Å². The van der Waals surface area contributed by atoms with Gasteiger partial charge in [0.1, 0.15) is 5.75 Å². The highest BCUT2D eigenvalue weighted by molar-refractivity contribution is 8.00. The van der Waals surface area contributed by atoms with Gasteiger partial charge in [0.2, 0.25) is 5.91 Å². The zero-order chi connectivity index (χ0) is 20.0. The summed E-state index contributed by atoms with van der Waals surface area (Å²) in [6.07, 6.45) is 1.54. The van der Waals surface area contributed by atoms with Gasteiger partial charge in [0, 0.05) is 17.8 Å². The van der Waals surface area contributed by atoms with Crippen molar-refractivity contribution in [3.05, 3.63) is 50.4 Å². The molecule has 0 fully saturated rings. The van der Waals surface area contributed by atoms with E-state index >= 15 is 0 Å². The number of nitrogens with one attached hydrogen (secondary N) is 2. The van der Waals surface area contributed by atoms with E-state index in [1.54, 1.807) is 6.92 Å². The molecule has 9 nitrogen and oxygen atoms in total. The average molecular weight is 392 g/mol. The summed E-state index contributed by atoms with van der Waals surface area (Å²) in [7, 11) is 1.36. The zero-order valence-corrected chi connectivity index (χ0v) is 16.0. The van der Waals surface area contributed by atoms with Gasteiger partial charge in [0.25, 0.3) is 11.2 Å². The highest BCUT2D eigenvalue weighted by atomic mass is 32.2. The standard InChI is InChI=1S/C17H20N4O5S/c1-4-5-11-8-15(22)20-17(18-11)27-10(2)16(23)19-13-7-6-12(21(24)25)9-14(13)26-3/h6-10H,4-5H2,1-3H3,(H,19,23)(H,18,20,22)/t10-/m0/s1. The number of non-ortho nitro benzene ring substituents is 1. The summed E-state index contributed by atoms with van der Waals surface area (Å²) in [4.78, 5) is 41.4. The number of hydrogen-bond acceptors (Lipinski definition) is 7. The van der Waals surface area contributed by atoms with Gasteiger partial charge < -0.3 is 15.0 Å². The molecule has 2 rings (SSSR count). The number of aromatic amines is 1. The molecule has 0 radical (unpaired) electrons. The van der Waals surface area contributed by atoms with E-state index in [0.717, 1.165) is 18.2 Å². The van der Waals surface area contributed by atoms with Crippen molar-refractivity contribution in [1.29, 1.82) is 0 Å². The number of aromatic nitrogens is 2. The van der Waals surface area contributed by atoms with Crippen molar-refractivity contribution >= 4 is 29.0 Å². The molecule has 2 N–H and O–H groups in total. The van der Waals surface area contributed by atoms with Gasteiger partial charge in [-0.25, -0.2) is 4.98 Å². The second kappa shape index (κ2) is 9.17. The fraction of sp³-hybridized carbons (Fsp3) is 0.353. The first-order chi connectivity index (χ1) is 12.8. The van der Waals surface area contributed by atoms with Gasteiger partial charge in [0.05, 0.1) is 29.0 Å². The van der Waals surface area contributed by atoms with Crippen LogP contribution in [-0.2, 0) is 11.2 Å². The number of hydrogen-bond donors (Lipinski definition) is 2. The minimum Gasteiger partial charge on any atom is -0.494 e. The molecule has 0 saturated heterocycles. The molecule has 1 heterocycles. The molecule has 1 atom stereocenters. The Morgan fingerprint density at radius 1 is 1.44 bits per heavy atom. The summed E-state index contributed by atoms with van der Waals surface area (Å²) in [6.45, 7) is 3.66. The highest BCUT2D eigenvalue weighted by Crippen LogP contribution is 2.30. The summed E-state index contributed by atoms with van der Waals surface area (Å²) in [6, 6.07) is 5.37. The first-order valence-electron chi connectivity index (χ1n) is 8.24. The number of nitrogens with zero attached hydrogens (tertiary/aromatic N) is 2. The van der Waals surface area contributed by atoms with Crippen LogP contribution in [0.25, 0.3) is 0 Å². The lowest BCUT2D eigenvalue weighted by Crippen LogP contribution is -2.23. The predicted molar refractivity (Wildman–Crippen MR) is 102 cm³/mol. The van der Waals surface area contributed by atoms with Crippen molar-refractivity contribution in [2.24, 2.45) is 0 Å². The van der Waals surface area contributed by atoms with Crippen LogP contribution in [0.15, 0.2) is 34.2 Å². The van der Waals surface area contributed by atoms with Crippen molar-refractivity contribution < 1.29 is 14.5 Å². The SMILES string of the molecule is CCCc1cc(=O)[nH]c(S[C@@H](C)C(=O)Nc2ccc([N+](=O)[O-])cc2OC)n1. The number of H-pyrrole nitrogens is 1. The molecule has 0 bridgehead atoms. The molecular weight excluding hydrogens is 372 g/mol. The predicted octanol–water partition coefficient (Wildman–Crippen LogP) is 2.76. The summed E-state index contributed by atoms with van der Waals surface area (Å²) < 4.78 is 5.11. The van der Waals surface area contributed by atoms with Gasteiger partial charge in [-0.2, -0.15) is 0 Å². The second-order valence-corrected chi connectivity index (χ2v) is 7.01. The van der Waals surface area contributed by atoms with Crippen molar-refractivity contribution in [2.75, 3.05) is 12.4 Å². The minimum atomic E-state index is -0.565. The Bertz CT molecular complexity index is 899. The molecule has 10 heteroatoms. The molecule has 0 unspecified atom stereocenters. The van der Waals surface area contributed by atoms with Gasteiger partial charge in [-0.3, -0.25) is 19.7 Å². The number of aryl methyl sites for hydroxylation is 1. The van der Waals surface area contributed by atoms with Crippen LogP contribution in [0.1, 0.15) is 26.0 Å². The lowest BCUT2D eigenvalue weighted by atomic mass is 10.2. The van der Waals surface area contributed by atoms with Crippen molar-refractivity contribution in [3.63, 3.8) is 0 Å². The Labute approximate surface area is 159 Å². The minimum absolute atomic E-state index is 0.137. The Morgan fingerprint density at radius 2 is 2.19 bits per heavy atom. The van der Waals surface area contributed by atoms with Crippen LogP contribution in [0.2, 0.25) is 0 Å². The molecule has 2 aromatic rings. The highest BCUT2D eigenvalue weighted by Gasteiger charge is 2.19. The largest absolute Gasteiger partial charge is 0.494 e. The normalized spacial score (nSPS) is 11.7. The molecule has 27 heavy (non-hydrogen) atoms.